The molecule has 1 saturated carbocycles. The van der Waals surface area contributed by atoms with Crippen molar-refractivity contribution >= 4 is 6.09 Å². The summed E-state index contributed by atoms with van der Waals surface area (Å²) in [5.41, 5.74) is 5.85. The Morgan fingerprint density at radius 2 is 2.29 bits per heavy atom. The molecule has 2 fully saturated rings. The summed E-state index contributed by atoms with van der Waals surface area (Å²) in [4.78, 5) is 13.6. The summed E-state index contributed by atoms with van der Waals surface area (Å²) in [5.74, 6) is 1.23. The van der Waals surface area contributed by atoms with Crippen LogP contribution in [0.1, 0.15) is 39.0 Å². The maximum atomic E-state index is 11.7. The zero-order chi connectivity index (χ0) is 12.3. The van der Waals surface area contributed by atoms with Gasteiger partial charge in [0.1, 0.15) is 6.61 Å². The molecule has 4 heteroatoms. The fourth-order valence-electron chi connectivity index (χ4n) is 3.33. The van der Waals surface area contributed by atoms with E-state index in [1.807, 2.05) is 4.90 Å². The van der Waals surface area contributed by atoms with Crippen LogP contribution in [0, 0.1) is 11.8 Å². The Hall–Kier alpha value is -0.770. The second-order valence-corrected chi connectivity index (χ2v) is 5.34. The molecule has 3 unspecified atom stereocenters. The van der Waals surface area contributed by atoms with Crippen molar-refractivity contribution in [2.75, 3.05) is 19.7 Å². The molecule has 4 nitrogen and oxygen atoms in total. The predicted octanol–water partition coefficient (Wildman–Crippen LogP) is 1.98. The number of carbonyl (C=O) groups is 1. The largest absolute Gasteiger partial charge is 0.448 e. The quantitative estimate of drug-likeness (QED) is 0.817. The second kappa shape index (κ2) is 5.71. The maximum Gasteiger partial charge on any atom is 0.410 e. The molecule has 0 bridgehead atoms. The van der Waals surface area contributed by atoms with Gasteiger partial charge in [-0.2, -0.15) is 0 Å². The molecule has 2 N–H and O–H groups in total. The molecule has 0 spiro atoms. The topological polar surface area (TPSA) is 55.6 Å². The first-order valence-corrected chi connectivity index (χ1v) is 6.89. The molecule has 0 aromatic heterocycles. The number of hydrogen-bond acceptors (Lipinski definition) is 3. The van der Waals surface area contributed by atoms with E-state index in [2.05, 4.69) is 6.92 Å². The van der Waals surface area contributed by atoms with Gasteiger partial charge in [0, 0.05) is 6.04 Å². The van der Waals surface area contributed by atoms with Gasteiger partial charge >= 0.3 is 6.09 Å². The minimum absolute atomic E-state index is 0.134. The van der Waals surface area contributed by atoms with Gasteiger partial charge in [-0.15, -0.1) is 0 Å². The highest BCUT2D eigenvalue weighted by Gasteiger charge is 2.38. The van der Waals surface area contributed by atoms with Crippen LogP contribution in [0.4, 0.5) is 4.79 Å². The molecule has 1 aliphatic carbocycles. The first kappa shape index (κ1) is 12.7. The lowest BCUT2D eigenvalue weighted by molar-refractivity contribution is 0.0992. The summed E-state index contributed by atoms with van der Waals surface area (Å²) in [6, 6.07) is 0.320. The molecule has 2 rings (SSSR count). The molecule has 1 heterocycles. The van der Waals surface area contributed by atoms with Gasteiger partial charge in [-0.05, 0) is 37.6 Å². The Kier molecular flexibility index (Phi) is 4.26. The highest BCUT2D eigenvalue weighted by Crippen LogP contribution is 2.35. The lowest BCUT2D eigenvalue weighted by Crippen LogP contribution is -2.47. The molecule has 2 aliphatic rings. The van der Waals surface area contributed by atoms with Gasteiger partial charge in [0.05, 0.1) is 6.54 Å². The number of ether oxygens (including phenoxy) is 1. The maximum absolute atomic E-state index is 11.7. The summed E-state index contributed by atoms with van der Waals surface area (Å²) in [6.07, 6.45) is 5.92. The monoisotopic (exact) mass is 240 g/mol. The van der Waals surface area contributed by atoms with Crippen molar-refractivity contribution in [3.63, 3.8) is 0 Å². The third-order valence-corrected chi connectivity index (χ3v) is 4.26. The third kappa shape index (κ3) is 2.73. The van der Waals surface area contributed by atoms with Gasteiger partial charge in [-0.1, -0.05) is 19.8 Å². The molecular formula is C13H24N2O2. The molecular weight excluding hydrogens is 216 g/mol. The fraction of sp³-hybridized carbons (Fsp3) is 0.923. The Morgan fingerprint density at radius 1 is 1.47 bits per heavy atom. The number of rotatable bonds is 4. The number of cyclic esters (lactones) is 1. The second-order valence-electron chi connectivity index (χ2n) is 5.34. The lowest BCUT2D eigenvalue weighted by atomic mass is 9.76. The van der Waals surface area contributed by atoms with E-state index in [1.165, 1.54) is 19.3 Å². The Bertz CT molecular complexity index is 270. The van der Waals surface area contributed by atoms with Crippen molar-refractivity contribution in [1.82, 2.24) is 4.90 Å². The molecule has 17 heavy (non-hydrogen) atoms. The van der Waals surface area contributed by atoms with Crippen LogP contribution in [-0.2, 0) is 4.74 Å². The molecule has 3 atom stereocenters. The van der Waals surface area contributed by atoms with Gasteiger partial charge in [0.2, 0.25) is 0 Å². The molecule has 98 valence electrons. The van der Waals surface area contributed by atoms with E-state index in [-0.39, 0.29) is 6.09 Å². The lowest BCUT2D eigenvalue weighted by Gasteiger charge is -2.39. The van der Waals surface area contributed by atoms with Gasteiger partial charge in [-0.3, -0.25) is 0 Å². The van der Waals surface area contributed by atoms with Crippen LogP contribution in [0.25, 0.3) is 0 Å². The summed E-state index contributed by atoms with van der Waals surface area (Å²) in [6.45, 7) is 4.21. The van der Waals surface area contributed by atoms with Crippen LogP contribution < -0.4 is 5.73 Å². The van der Waals surface area contributed by atoms with E-state index in [4.69, 9.17) is 10.5 Å². The Balaban J connectivity index is 2.01. The molecule has 0 radical (unpaired) electrons. The first-order chi connectivity index (χ1) is 8.26. The summed E-state index contributed by atoms with van der Waals surface area (Å²) < 4.78 is 5.05. The number of carbonyl (C=O) groups excluding carboxylic acids is 1. The summed E-state index contributed by atoms with van der Waals surface area (Å²) in [7, 11) is 0. The Morgan fingerprint density at radius 3 is 2.88 bits per heavy atom. The van der Waals surface area contributed by atoms with Crippen LogP contribution in [-0.4, -0.2) is 36.7 Å². The summed E-state index contributed by atoms with van der Waals surface area (Å²) >= 11 is 0. The molecule has 0 aromatic rings. The number of hydrogen-bond donors (Lipinski definition) is 1. The van der Waals surface area contributed by atoms with Crippen LogP contribution >= 0.6 is 0 Å². The number of nitrogens with zero attached hydrogens (tertiary/aromatic N) is 1. The molecule has 1 aliphatic heterocycles. The third-order valence-electron chi connectivity index (χ3n) is 4.26. The number of nitrogens with two attached hydrogens (primary N) is 1. The van der Waals surface area contributed by atoms with Gasteiger partial charge < -0.3 is 15.4 Å². The summed E-state index contributed by atoms with van der Waals surface area (Å²) in [5, 5.41) is 0. The van der Waals surface area contributed by atoms with E-state index < -0.39 is 0 Å². The normalized spacial score (nSPS) is 33.9. The van der Waals surface area contributed by atoms with E-state index >= 15 is 0 Å². The van der Waals surface area contributed by atoms with Crippen molar-refractivity contribution in [2.45, 2.75) is 45.1 Å². The molecule has 1 amide bonds. The zero-order valence-electron chi connectivity index (χ0n) is 10.7. The van der Waals surface area contributed by atoms with Gasteiger partial charge in [0.25, 0.3) is 0 Å². The van der Waals surface area contributed by atoms with Crippen molar-refractivity contribution in [1.29, 1.82) is 0 Å². The predicted molar refractivity (Wildman–Crippen MR) is 66.6 cm³/mol. The average Bonchev–Trinajstić information content (AvgIpc) is 2.76. The highest BCUT2D eigenvalue weighted by atomic mass is 16.6. The fourth-order valence-corrected chi connectivity index (χ4v) is 3.33. The van der Waals surface area contributed by atoms with Crippen LogP contribution in [0.15, 0.2) is 0 Å². The van der Waals surface area contributed by atoms with Crippen LogP contribution in [0.2, 0.25) is 0 Å². The molecule has 0 aromatic carbocycles. The van der Waals surface area contributed by atoms with Crippen molar-refractivity contribution < 1.29 is 9.53 Å². The van der Waals surface area contributed by atoms with Crippen molar-refractivity contribution in [3.05, 3.63) is 0 Å². The smallest absolute Gasteiger partial charge is 0.410 e. The number of amides is 1. The Labute approximate surface area is 103 Å². The van der Waals surface area contributed by atoms with Gasteiger partial charge in [-0.25, -0.2) is 4.79 Å². The minimum Gasteiger partial charge on any atom is -0.448 e. The zero-order valence-corrected chi connectivity index (χ0v) is 10.7. The van der Waals surface area contributed by atoms with Crippen LogP contribution in [0.3, 0.4) is 0 Å². The first-order valence-electron chi connectivity index (χ1n) is 6.89. The van der Waals surface area contributed by atoms with E-state index in [1.54, 1.807) is 0 Å². The SMILES string of the molecule is CCCC1CCC(CN)C(N2CCOC2=O)C1. The van der Waals surface area contributed by atoms with Crippen molar-refractivity contribution in [2.24, 2.45) is 17.6 Å². The van der Waals surface area contributed by atoms with E-state index in [0.717, 1.165) is 25.3 Å². The van der Waals surface area contributed by atoms with Gasteiger partial charge in [0.15, 0.2) is 0 Å². The average molecular weight is 240 g/mol. The minimum atomic E-state index is -0.134. The highest BCUT2D eigenvalue weighted by molar-refractivity contribution is 5.69. The van der Waals surface area contributed by atoms with E-state index in [0.29, 0.717) is 25.1 Å². The van der Waals surface area contributed by atoms with Crippen LogP contribution in [0.5, 0.6) is 0 Å². The van der Waals surface area contributed by atoms with E-state index in [9.17, 15) is 4.79 Å². The molecule has 1 saturated heterocycles. The standard InChI is InChI=1S/C13H24N2O2/c1-2-3-10-4-5-11(9-14)12(8-10)15-6-7-17-13(15)16/h10-12H,2-9,14H2,1H3. The van der Waals surface area contributed by atoms with Crippen molar-refractivity contribution in [3.8, 4) is 0 Å².